The molecule has 0 aliphatic rings. The Morgan fingerprint density at radius 3 is 2.30 bits per heavy atom. The molecule has 0 aliphatic heterocycles. The van der Waals surface area contributed by atoms with Gasteiger partial charge in [0.2, 0.25) is 0 Å². The maximum atomic E-state index is 12.5. The lowest BCUT2D eigenvalue weighted by atomic mass is 10.1. The Balaban J connectivity index is 1.70. The molecule has 4 aromatic rings. The lowest BCUT2D eigenvalue weighted by Crippen LogP contribution is -2.13. The molecule has 27 heavy (non-hydrogen) atoms. The fourth-order valence-electron chi connectivity index (χ4n) is 2.77. The zero-order chi connectivity index (χ0) is 18.6. The molecular weight excluding hydrogens is 356 g/mol. The van der Waals surface area contributed by atoms with Crippen LogP contribution in [-0.2, 0) is 6.54 Å². The predicted molar refractivity (Wildman–Crippen MR) is 109 cm³/mol. The van der Waals surface area contributed by atoms with Crippen LogP contribution in [0.2, 0.25) is 0 Å². The number of rotatable bonds is 5. The zero-order valence-corrected chi connectivity index (χ0v) is 15.6. The Hall–Kier alpha value is -3.25. The van der Waals surface area contributed by atoms with Crippen LogP contribution in [0.4, 0.5) is 5.13 Å². The maximum Gasteiger partial charge on any atom is 0.277 e. The number of anilines is 1. The largest absolute Gasteiger partial charge is 0.296 e. The Bertz CT molecular complexity index is 997. The molecule has 1 N–H and O–H groups in total. The molecule has 4 rings (SSSR count). The van der Waals surface area contributed by atoms with E-state index >= 15 is 0 Å². The van der Waals surface area contributed by atoms with E-state index in [9.17, 15) is 4.79 Å². The molecule has 1 amide bonds. The summed E-state index contributed by atoms with van der Waals surface area (Å²) < 4.78 is 1.72. The van der Waals surface area contributed by atoms with Crippen molar-refractivity contribution in [2.24, 2.45) is 0 Å². The maximum absolute atomic E-state index is 12.5. The van der Waals surface area contributed by atoms with Gasteiger partial charge >= 0.3 is 0 Å². The smallest absolute Gasteiger partial charge is 0.277 e. The van der Waals surface area contributed by atoms with Crippen LogP contribution in [0.5, 0.6) is 0 Å². The van der Waals surface area contributed by atoms with Crippen LogP contribution in [0, 0.1) is 0 Å². The van der Waals surface area contributed by atoms with Gasteiger partial charge in [-0.15, -0.1) is 0 Å². The van der Waals surface area contributed by atoms with E-state index in [0.717, 1.165) is 28.2 Å². The molecule has 0 unspecified atom stereocenters. The van der Waals surface area contributed by atoms with E-state index in [1.54, 1.807) is 16.9 Å². The molecule has 0 saturated heterocycles. The Morgan fingerprint density at radius 1 is 1.00 bits per heavy atom. The standard InChI is InChI=1S/C21H18N4OS/c1-2-25-14-13-17(24-25)20(26)23-21-22-18(15-9-5-3-6-10-15)19(27-21)16-11-7-4-8-12-16/h3-14H,2H2,1H3,(H,22,23,26). The van der Waals surface area contributed by atoms with Crippen LogP contribution in [0.3, 0.4) is 0 Å². The topological polar surface area (TPSA) is 59.8 Å². The lowest BCUT2D eigenvalue weighted by molar-refractivity contribution is 0.102. The molecule has 0 radical (unpaired) electrons. The normalized spacial score (nSPS) is 10.7. The quantitative estimate of drug-likeness (QED) is 0.538. The Labute approximate surface area is 161 Å². The van der Waals surface area contributed by atoms with Crippen molar-refractivity contribution in [1.82, 2.24) is 14.8 Å². The summed E-state index contributed by atoms with van der Waals surface area (Å²) >= 11 is 1.47. The number of amides is 1. The molecule has 0 aliphatic carbocycles. The van der Waals surface area contributed by atoms with E-state index in [1.807, 2.05) is 55.5 Å². The summed E-state index contributed by atoms with van der Waals surface area (Å²) in [5.74, 6) is -0.254. The van der Waals surface area contributed by atoms with Crippen molar-refractivity contribution in [3.8, 4) is 21.7 Å². The molecule has 134 valence electrons. The second-order valence-electron chi connectivity index (χ2n) is 5.94. The molecular formula is C21H18N4OS. The third kappa shape index (κ3) is 3.66. The highest BCUT2D eigenvalue weighted by atomic mass is 32.1. The molecule has 0 saturated carbocycles. The SMILES string of the molecule is CCn1ccc(C(=O)Nc2nc(-c3ccccc3)c(-c3ccccc3)s2)n1. The third-order valence-electron chi connectivity index (χ3n) is 4.13. The number of benzene rings is 2. The second kappa shape index (κ2) is 7.55. The number of carbonyl (C=O) groups is 1. The first-order valence-electron chi connectivity index (χ1n) is 8.71. The van der Waals surface area contributed by atoms with Crippen molar-refractivity contribution in [2.45, 2.75) is 13.5 Å². The first-order valence-corrected chi connectivity index (χ1v) is 9.52. The molecule has 2 aromatic carbocycles. The fraction of sp³-hybridized carbons (Fsp3) is 0.0952. The summed E-state index contributed by atoms with van der Waals surface area (Å²) in [5.41, 5.74) is 3.34. The zero-order valence-electron chi connectivity index (χ0n) is 14.8. The van der Waals surface area contributed by atoms with E-state index in [1.165, 1.54) is 11.3 Å². The van der Waals surface area contributed by atoms with Crippen molar-refractivity contribution in [1.29, 1.82) is 0 Å². The third-order valence-corrected chi connectivity index (χ3v) is 5.15. The van der Waals surface area contributed by atoms with Crippen LogP contribution in [0.1, 0.15) is 17.4 Å². The summed E-state index contributed by atoms with van der Waals surface area (Å²) in [6, 6.07) is 21.8. The summed E-state index contributed by atoms with van der Waals surface area (Å²) in [7, 11) is 0. The van der Waals surface area contributed by atoms with Gasteiger partial charge in [0, 0.05) is 18.3 Å². The van der Waals surface area contributed by atoms with Crippen LogP contribution in [-0.4, -0.2) is 20.7 Å². The van der Waals surface area contributed by atoms with Gasteiger partial charge in [0.1, 0.15) is 0 Å². The first kappa shape index (κ1) is 17.2. The highest BCUT2D eigenvalue weighted by molar-refractivity contribution is 7.19. The van der Waals surface area contributed by atoms with E-state index in [2.05, 4.69) is 22.5 Å². The molecule has 0 atom stereocenters. The molecule has 2 heterocycles. The summed E-state index contributed by atoms with van der Waals surface area (Å²) in [6.07, 6.45) is 1.79. The minimum absolute atomic E-state index is 0.254. The van der Waals surface area contributed by atoms with Gasteiger partial charge in [-0.25, -0.2) is 4.98 Å². The van der Waals surface area contributed by atoms with Crippen molar-refractivity contribution < 1.29 is 4.79 Å². The van der Waals surface area contributed by atoms with Crippen molar-refractivity contribution >= 4 is 22.4 Å². The van der Waals surface area contributed by atoms with Crippen molar-refractivity contribution in [3.63, 3.8) is 0 Å². The van der Waals surface area contributed by atoms with Gasteiger partial charge in [-0.05, 0) is 18.6 Å². The highest BCUT2D eigenvalue weighted by Crippen LogP contribution is 2.38. The number of thiazole rings is 1. The Kier molecular flexibility index (Phi) is 4.80. The molecule has 5 nitrogen and oxygen atoms in total. The minimum atomic E-state index is -0.254. The Morgan fingerprint density at radius 2 is 1.67 bits per heavy atom. The molecule has 0 fully saturated rings. The average molecular weight is 374 g/mol. The monoisotopic (exact) mass is 374 g/mol. The number of hydrogen-bond acceptors (Lipinski definition) is 4. The number of aryl methyl sites for hydroxylation is 1. The van der Waals surface area contributed by atoms with E-state index in [-0.39, 0.29) is 5.91 Å². The molecule has 0 spiro atoms. The lowest BCUT2D eigenvalue weighted by Gasteiger charge is -2.02. The van der Waals surface area contributed by atoms with Gasteiger partial charge in [0.05, 0.1) is 10.6 Å². The van der Waals surface area contributed by atoms with Gasteiger partial charge in [-0.2, -0.15) is 5.10 Å². The summed E-state index contributed by atoms with van der Waals surface area (Å²) in [6.45, 7) is 2.70. The fourth-order valence-corrected chi connectivity index (χ4v) is 3.76. The summed E-state index contributed by atoms with van der Waals surface area (Å²) in [4.78, 5) is 18.2. The first-order chi connectivity index (χ1) is 13.2. The number of nitrogens with one attached hydrogen (secondary N) is 1. The number of hydrogen-bond donors (Lipinski definition) is 1. The predicted octanol–water partition coefficient (Wildman–Crippen LogP) is 4.95. The van der Waals surface area contributed by atoms with Gasteiger partial charge in [-0.1, -0.05) is 72.0 Å². The van der Waals surface area contributed by atoms with Crippen LogP contribution in [0.25, 0.3) is 21.7 Å². The van der Waals surface area contributed by atoms with Crippen molar-refractivity contribution in [3.05, 3.63) is 78.6 Å². The molecule has 2 aromatic heterocycles. The number of nitrogens with zero attached hydrogens (tertiary/aromatic N) is 3. The van der Waals surface area contributed by atoms with Gasteiger partial charge in [-0.3, -0.25) is 14.8 Å². The minimum Gasteiger partial charge on any atom is -0.296 e. The van der Waals surface area contributed by atoms with E-state index < -0.39 is 0 Å². The van der Waals surface area contributed by atoms with E-state index in [0.29, 0.717) is 10.8 Å². The van der Waals surface area contributed by atoms with Gasteiger partial charge in [0.25, 0.3) is 5.91 Å². The molecule has 0 bridgehead atoms. The number of aromatic nitrogens is 3. The van der Waals surface area contributed by atoms with Crippen LogP contribution >= 0.6 is 11.3 Å². The van der Waals surface area contributed by atoms with E-state index in [4.69, 9.17) is 4.98 Å². The number of carbonyl (C=O) groups excluding carboxylic acids is 1. The second-order valence-corrected chi connectivity index (χ2v) is 6.94. The van der Waals surface area contributed by atoms with Crippen LogP contribution in [0.15, 0.2) is 72.9 Å². The summed E-state index contributed by atoms with van der Waals surface area (Å²) in [5, 5.41) is 7.70. The van der Waals surface area contributed by atoms with Crippen molar-refractivity contribution in [2.75, 3.05) is 5.32 Å². The average Bonchev–Trinajstić information content (AvgIpc) is 3.36. The van der Waals surface area contributed by atoms with Gasteiger partial charge in [0.15, 0.2) is 10.8 Å². The van der Waals surface area contributed by atoms with Crippen LogP contribution < -0.4 is 5.32 Å². The molecule has 6 heteroatoms. The highest BCUT2D eigenvalue weighted by Gasteiger charge is 2.17. The van der Waals surface area contributed by atoms with Gasteiger partial charge < -0.3 is 0 Å².